The molecule has 0 amide bonds. The van der Waals surface area contributed by atoms with Crippen LogP contribution in [-0.2, 0) is 24.1 Å². The number of aliphatic hydroxyl groups excluding tert-OH is 6. The third kappa shape index (κ3) is 6.32. The van der Waals surface area contributed by atoms with E-state index in [4.69, 9.17) is 13.7 Å². The smallest absolute Gasteiger partial charge is 0.393 e. The topological polar surface area (TPSA) is 224 Å². The number of hydrogen-bond donors (Lipinski definition) is 8. The lowest BCUT2D eigenvalue weighted by Crippen LogP contribution is -2.71. The molecule has 0 aromatic carbocycles. The summed E-state index contributed by atoms with van der Waals surface area (Å²) in [4.78, 5) is 0. The van der Waals surface area contributed by atoms with E-state index in [0.717, 1.165) is 12.8 Å². The van der Waals surface area contributed by atoms with Crippen molar-refractivity contribution in [3.8, 4) is 0 Å². The lowest BCUT2D eigenvalue weighted by molar-refractivity contribution is -0.287. The van der Waals surface area contributed by atoms with Crippen LogP contribution in [0.3, 0.4) is 0 Å². The van der Waals surface area contributed by atoms with Gasteiger partial charge in [-0.3, -0.25) is 4.55 Å². The van der Waals surface area contributed by atoms with E-state index in [1.807, 2.05) is 20.8 Å². The van der Waals surface area contributed by atoms with Crippen molar-refractivity contribution in [3.63, 3.8) is 0 Å². The number of rotatable bonds is 9. The summed E-state index contributed by atoms with van der Waals surface area (Å²) in [6.45, 7) is 10.1. The highest BCUT2D eigenvalue weighted by Gasteiger charge is 2.72. The van der Waals surface area contributed by atoms with Crippen LogP contribution >= 0.6 is 0 Å². The molecule has 5 aliphatic rings. The molecule has 268 valence electrons. The van der Waals surface area contributed by atoms with Gasteiger partial charge in [-0.1, -0.05) is 34.6 Å². The summed E-state index contributed by atoms with van der Waals surface area (Å²) in [7, 11) is -4.81. The average Bonchev–Trinajstić information content (AvgIpc) is 3.22. The number of aliphatic hydroxyl groups is 7. The largest absolute Gasteiger partial charge is 0.397 e. The molecule has 1 saturated heterocycles. The molecule has 4 aliphatic carbocycles. The van der Waals surface area contributed by atoms with Crippen LogP contribution < -0.4 is 0 Å². The van der Waals surface area contributed by atoms with E-state index in [2.05, 4.69) is 13.8 Å². The van der Waals surface area contributed by atoms with Crippen LogP contribution in [-0.4, -0.2) is 116 Å². The van der Waals surface area contributed by atoms with Crippen molar-refractivity contribution in [1.82, 2.24) is 0 Å². The van der Waals surface area contributed by atoms with E-state index in [1.165, 1.54) is 0 Å². The molecule has 1 aliphatic heterocycles. The van der Waals surface area contributed by atoms with Crippen LogP contribution in [0.15, 0.2) is 0 Å². The Labute approximate surface area is 272 Å². The predicted molar refractivity (Wildman–Crippen MR) is 163 cm³/mol. The van der Waals surface area contributed by atoms with Crippen LogP contribution in [0.1, 0.15) is 86.0 Å². The standard InChI is InChI=1S/C32H56O13S/c1-15(2)21(44-29-27(38)25(36)20(35)14-43-29)7-6-16(3)17-12-18(33)28-30(17,4)11-9-23-31(5)10-8-22(45-46(40,41)42)26(37)24(31)19(34)13-32(23,28)39/h15-29,33-39H,6-14H2,1-5H3,(H,40,41,42)/t16-,17-,18-,19+,20+,21+,22+,23+,24+,25-,26+,27-,28-,29+,30-,31-,32+/m1/s1. The zero-order valence-corrected chi connectivity index (χ0v) is 28.4. The van der Waals surface area contributed by atoms with Gasteiger partial charge in [-0.05, 0) is 79.4 Å². The SMILES string of the molecule is CC(C)[C@H](CC[C@@H](C)[C@H]1C[C@@H](O)[C@@H]2[C@]1(C)CC[C@H]1[C@@]3(C)CC[C@H](OS(=O)(=O)O)[C@H](O)[C@@H]3[C@@H](O)C[C@@]21O)O[C@@H]1OC[C@H](O)[C@@H](O)[C@H]1O. The Kier molecular flexibility index (Phi) is 10.4. The Morgan fingerprint density at radius 3 is 2.15 bits per heavy atom. The van der Waals surface area contributed by atoms with Gasteiger partial charge in [0.1, 0.15) is 24.4 Å². The van der Waals surface area contributed by atoms with Gasteiger partial charge in [0.15, 0.2) is 6.29 Å². The highest BCUT2D eigenvalue weighted by molar-refractivity contribution is 7.80. The monoisotopic (exact) mass is 680 g/mol. The highest BCUT2D eigenvalue weighted by atomic mass is 32.3. The Morgan fingerprint density at radius 1 is 0.870 bits per heavy atom. The first kappa shape index (κ1) is 36.8. The average molecular weight is 681 g/mol. The molecule has 0 spiro atoms. The van der Waals surface area contributed by atoms with Gasteiger partial charge in [-0.25, -0.2) is 4.18 Å². The van der Waals surface area contributed by atoms with Crippen LogP contribution in [0.4, 0.5) is 0 Å². The van der Waals surface area contributed by atoms with Gasteiger partial charge in [0.2, 0.25) is 0 Å². The van der Waals surface area contributed by atoms with Crippen molar-refractivity contribution in [3.05, 3.63) is 0 Å². The second-order valence-electron chi connectivity index (χ2n) is 16.1. The first-order valence-electron chi connectivity index (χ1n) is 17.0. The van der Waals surface area contributed by atoms with Gasteiger partial charge >= 0.3 is 10.4 Å². The maximum absolute atomic E-state index is 12.6. The molecule has 5 fully saturated rings. The van der Waals surface area contributed by atoms with E-state index in [-0.39, 0.29) is 49.2 Å². The molecule has 0 aromatic rings. The van der Waals surface area contributed by atoms with E-state index >= 15 is 0 Å². The molecular formula is C32H56O13S. The number of fused-ring (bicyclic) bond motifs is 5. The summed E-state index contributed by atoms with van der Waals surface area (Å²) in [6, 6.07) is 0. The third-order valence-electron chi connectivity index (χ3n) is 13.1. The maximum atomic E-state index is 12.6. The quantitative estimate of drug-likeness (QED) is 0.158. The summed E-state index contributed by atoms with van der Waals surface area (Å²) >= 11 is 0. The van der Waals surface area contributed by atoms with Gasteiger partial charge in [-0.2, -0.15) is 8.42 Å². The lowest BCUT2D eigenvalue weighted by Gasteiger charge is -2.66. The highest BCUT2D eigenvalue weighted by Crippen LogP contribution is 2.70. The van der Waals surface area contributed by atoms with Crippen LogP contribution in [0, 0.1) is 46.3 Å². The zero-order chi connectivity index (χ0) is 34.1. The van der Waals surface area contributed by atoms with Gasteiger partial charge in [0.05, 0.1) is 36.6 Å². The predicted octanol–water partition coefficient (Wildman–Crippen LogP) is 0.757. The van der Waals surface area contributed by atoms with E-state index < -0.39 is 87.7 Å². The van der Waals surface area contributed by atoms with Crippen molar-refractivity contribution < 1.29 is 62.4 Å². The molecule has 0 bridgehead atoms. The van der Waals surface area contributed by atoms with Gasteiger partial charge in [0, 0.05) is 18.3 Å². The van der Waals surface area contributed by atoms with Gasteiger partial charge < -0.3 is 45.2 Å². The first-order valence-corrected chi connectivity index (χ1v) is 18.3. The Balaban J connectivity index is 1.30. The number of hydrogen-bond acceptors (Lipinski definition) is 12. The summed E-state index contributed by atoms with van der Waals surface area (Å²) in [5.41, 5.74) is -2.60. The fourth-order valence-electron chi connectivity index (χ4n) is 11.0. The molecule has 46 heavy (non-hydrogen) atoms. The molecule has 0 radical (unpaired) electrons. The normalized spacial score (nSPS) is 50.8. The second kappa shape index (κ2) is 13.0. The van der Waals surface area contributed by atoms with Crippen LogP contribution in [0.2, 0.25) is 0 Å². The van der Waals surface area contributed by atoms with Crippen molar-refractivity contribution in [1.29, 1.82) is 0 Å². The third-order valence-corrected chi connectivity index (χ3v) is 13.6. The Bertz CT molecular complexity index is 1190. The zero-order valence-electron chi connectivity index (χ0n) is 27.6. The molecule has 0 aromatic heterocycles. The summed E-state index contributed by atoms with van der Waals surface area (Å²) in [5, 5.41) is 77.2. The van der Waals surface area contributed by atoms with Crippen molar-refractivity contribution in [2.45, 2.75) is 147 Å². The fraction of sp³-hybridized carbons (Fsp3) is 1.00. The van der Waals surface area contributed by atoms with E-state index in [0.29, 0.717) is 25.7 Å². The molecule has 1 heterocycles. The minimum absolute atomic E-state index is 0.0611. The van der Waals surface area contributed by atoms with E-state index in [1.54, 1.807) is 0 Å². The summed E-state index contributed by atoms with van der Waals surface area (Å²) in [6.07, 6.45) is -6.21. The number of ether oxygens (including phenoxy) is 2. The van der Waals surface area contributed by atoms with Crippen molar-refractivity contribution in [2.75, 3.05) is 6.61 Å². The minimum atomic E-state index is -4.81. The van der Waals surface area contributed by atoms with E-state index in [9.17, 15) is 48.7 Å². The summed E-state index contributed by atoms with van der Waals surface area (Å²) in [5.74, 6) is -1.38. The molecule has 17 atom stereocenters. The molecule has 5 rings (SSSR count). The lowest BCUT2D eigenvalue weighted by atomic mass is 9.41. The fourth-order valence-corrected chi connectivity index (χ4v) is 11.5. The Morgan fingerprint density at radius 2 is 1.52 bits per heavy atom. The van der Waals surface area contributed by atoms with Crippen molar-refractivity contribution in [2.24, 2.45) is 46.3 Å². The molecule has 0 unspecified atom stereocenters. The molecule has 4 saturated carbocycles. The van der Waals surface area contributed by atoms with Gasteiger partial charge in [-0.15, -0.1) is 0 Å². The van der Waals surface area contributed by atoms with Gasteiger partial charge in [0.25, 0.3) is 0 Å². The van der Waals surface area contributed by atoms with Crippen LogP contribution in [0.5, 0.6) is 0 Å². The second-order valence-corrected chi connectivity index (χ2v) is 17.1. The first-order chi connectivity index (χ1) is 21.2. The molecular weight excluding hydrogens is 624 g/mol. The molecule has 14 heteroatoms. The maximum Gasteiger partial charge on any atom is 0.397 e. The minimum Gasteiger partial charge on any atom is -0.393 e. The molecule has 8 N–H and O–H groups in total. The summed E-state index contributed by atoms with van der Waals surface area (Å²) < 4.78 is 48.4. The molecule has 13 nitrogen and oxygen atoms in total. The Hall–Kier alpha value is -0.490. The van der Waals surface area contributed by atoms with Crippen molar-refractivity contribution >= 4 is 10.4 Å². The van der Waals surface area contributed by atoms with Crippen LogP contribution in [0.25, 0.3) is 0 Å².